The number of hydrogen-bond donors (Lipinski definition) is 0. The van der Waals surface area contributed by atoms with Gasteiger partial charge in [0, 0.05) is 21.2 Å². The van der Waals surface area contributed by atoms with Crippen LogP contribution in [0.1, 0.15) is 16.8 Å². The average Bonchev–Trinajstić information content (AvgIpc) is 2.54. The van der Waals surface area contributed by atoms with Crippen LogP contribution >= 0.6 is 23.4 Å². The van der Waals surface area contributed by atoms with Gasteiger partial charge < -0.3 is 4.74 Å². The van der Waals surface area contributed by atoms with Gasteiger partial charge in [0.2, 0.25) is 0 Å². The Kier molecular flexibility index (Phi) is 6.49. The van der Waals surface area contributed by atoms with E-state index in [0.29, 0.717) is 16.3 Å². The van der Waals surface area contributed by atoms with Crippen molar-refractivity contribution >= 4 is 35.1 Å². The van der Waals surface area contributed by atoms with E-state index in [1.807, 2.05) is 30.3 Å². The smallest absolute Gasteiger partial charge is 0.307 e. The van der Waals surface area contributed by atoms with E-state index in [9.17, 15) is 9.59 Å². The Morgan fingerprint density at radius 1 is 1.00 bits per heavy atom. The van der Waals surface area contributed by atoms with E-state index in [1.165, 1.54) is 0 Å². The third-order valence-corrected chi connectivity index (χ3v) is 4.11. The molecule has 0 bridgehead atoms. The molecule has 22 heavy (non-hydrogen) atoms. The van der Waals surface area contributed by atoms with Gasteiger partial charge in [-0.1, -0.05) is 29.8 Å². The minimum atomic E-state index is -0.370. The summed E-state index contributed by atoms with van der Waals surface area (Å²) in [6, 6.07) is 16.3. The second-order valence-electron chi connectivity index (χ2n) is 4.50. The van der Waals surface area contributed by atoms with Crippen molar-refractivity contribution in [3.8, 4) is 0 Å². The highest BCUT2D eigenvalue weighted by Crippen LogP contribution is 2.18. The molecule has 0 heterocycles. The van der Waals surface area contributed by atoms with Crippen LogP contribution in [0.5, 0.6) is 0 Å². The maximum Gasteiger partial charge on any atom is 0.307 e. The molecule has 0 aliphatic carbocycles. The third kappa shape index (κ3) is 5.54. The lowest BCUT2D eigenvalue weighted by Gasteiger charge is -2.05. The molecule has 0 aromatic heterocycles. The van der Waals surface area contributed by atoms with Crippen molar-refractivity contribution in [1.82, 2.24) is 0 Å². The van der Waals surface area contributed by atoms with Gasteiger partial charge in [0.1, 0.15) is 0 Å². The van der Waals surface area contributed by atoms with E-state index in [4.69, 9.17) is 16.3 Å². The van der Waals surface area contributed by atoms with Crippen molar-refractivity contribution in [2.45, 2.75) is 11.3 Å². The fourth-order valence-electron chi connectivity index (χ4n) is 1.71. The number of carbonyl (C=O) groups excluding carboxylic acids is 2. The molecule has 0 aliphatic rings. The number of carbonyl (C=O) groups is 2. The molecule has 0 amide bonds. The lowest BCUT2D eigenvalue weighted by Crippen LogP contribution is -2.14. The molecule has 0 N–H and O–H groups in total. The Morgan fingerprint density at radius 2 is 1.68 bits per heavy atom. The standard InChI is InChI=1S/C17H15ClO3S/c18-14-8-6-13(7-9-14)16(19)12-21-17(20)10-11-22-15-4-2-1-3-5-15/h1-9H,10-12H2. The molecule has 0 saturated heterocycles. The maximum absolute atomic E-state index is 11.8. The minimum Gasteiger partial charge on any atom is -0.457 e. The van der Waals surface area contributed by atoms with Gasteiger partial charge in [-0.3, -0.25) is 9.59 Å². The number of halogens is 1. The minimum absolute atomic E-state index is 0.235. The number of benzene rings is 2. The maximum atomic E-state index is 11.8. The summed E-state index contributed by atoms with van der Waals surface area (Å²) in [5.41, 5.74) is 0.482. The zero-order valence-electron chi connectivity index (χ0n) is 11.8. The first-order chi connectivity index (χ1) is 10.6. The number of thioether (sulfide) groups is 1. The fraction of sp³-hybridized carbons (Fsp3) is 0.176. The molecule has 5 heteroatoms. The number of esters is 1. The Hall–Kier alpha value is -1.78. The number of hydrogen-bond acceptors (Lipinski definition) is 4. The van der Waals surface area contributed by atoms with Gasteiger partial charge in [0.15, 0.2) is 12.4 Å². The van der Waals surface area contributed by atoms with E-state index < -0.39 is 0 Å². The largest absolute Gasteiger partial charge is 0.457 e. The Balaban J connectivity index is 1.69. The molecular weight excluding hydrogens is 320 g/mol. The first kappa shape index (κ1) is 16.6. The molecule has 0 fully saturated rings. The molecule has 0 saturated carbocycles. The third-order valence-electron chi connectivity index (χ3n) is 2.85. The summed E-state index contributed by atoms with van der Waals surface area (Å²) in [7, 11) is 0. The second-order valence-corrected chi connectivity index (χ2v) is 6.11. The molecule has 114 valence electrons. The molecule has 0 radical (unpaired) electrons. The van der Waals surface area contributed by atoms with Gasteiger partial charge in [-0.05, 0) is 36.4 Å². The lowest BCUT2D eigenvalue weighted by atomic mass is 10.1. The fourth-order valence-corrected chi connectivity index (χ4v) is 2.69. The van der Waals surface area contributed by atoms with Crippen molar-refractivity contribution in [2.24, 2.45) is 0 Å². The number of Topliss-reactive ketones (excluding diaryl/α,β-unsaturated/α-hetero) is 1. The van der Waals surface area contributed by atoms with Gasteiger partial charge in [-0.15, -0.1) is 11.8 Å². The van der Waals surface area contributed by atoms with E-state index in [-0.39, 0.29) is 24.8 Å². The Bertz CT molecular complexity index is 626. The van der Waals surface area contributed by atoms with Crippen LogP contribution in [-0.4, -0.2) is 24.1 Å². The van der Waals surface area contributed by atoms with Crippen molar-refractivity contribution in [3.63, 3.8) is 0 Å². The zero-order valence-corrected chi connectivity index (χ0v) is 13.4. The predicted molar refractivity (Wildman–Crippen MR) is 88.5 cm³/mol. The quantitative estimate of drug-likeness (QED) is 0.431. The average molecular weight is 335 g/mol. The van der Waals surface area contributed by atoms with Crippen molar-refractivity contribution in [2.75, 3.05) is 12.4 Å². The SMILES string of the molecule is O=C(CCSc1ccccc1)OCC(=O)c1ccc(Cl)cc1. The van der Waals surface area contributed by atoms with Crippen molar-refractivity contribution < 1.29 is 14.3 Å². The van der Waals surface area contributed by atoms with Crippen LogP contribution in [-0.2, 0) is 9.53 Å². The van der Waals surface area contributed by atoms with Gasteiger partial charge >= 0.3 is 5.97 Å². The summed E-state index contributed by atoms with van der Waals surface area (Å²) in [6.45, 7) is -0.240. The van der Waals surface area contributed by atoms with Gasteiger partial charge in [-0.2, -0.15) is 0 Å². The number of ketones is 1. The first-order valence-electron chi connectivity index (χ1n) is 6.77. The normalized spacial score (nSPS) is 10.2. The number of ether oxygens (including phenoxy) is 1. The van der Waals surface area contributed by atoms with E-state index >= 15 is 0 Å². The molecule has 3 nitrogen and oxygen atoms in total. The Labute approximate surface area is 138 Å². The highest BCUT2D eigenvalue weighted by Gasteiger charge is 2.10. The summed E-state index contributed by atoms with van der Waals surface area (Å²) >= 11 is 7.33. The van der Waals surface area contributed by atoms with Gasteiger partial charge in [0.05, 0.1) is 6.42 Å². The molecule has 2 aromatic carbocycles. The first-order valence-corrected chi connectivity index (χ1v) is 8.14. The van der Waals surface area contributed by atoms with Gasteiger partial charge in [0.25, 0.3) is 0 Å². The monoisotopic (exact) mass is 334 g/mol. The van der Waals surface area contributed by atoms with Crippen LogP contribution in [0, 0.1) is 0 Å². The molecule has 0 aliphatic heterocycles. The van der Waals surface area contributed by atoms with Crippen LogP contribution < -0.4 is 0 Å². The Morgan fingerprint density at radius 3 is 2.36 bits per heavy atom. The lowest BCUT2D eigenvalue weighted by molar-refractivity contribution is -0.141. The van der Waals surface area contributed by atoms with Gasteiger partial charge in [-0.25, -0.2) is 0 Å². The number of rotatable bonds is 7. The highest BCUT2D eigenvalue weighted by molar-refractivity contribution is 7.99. The second kappa shape index (κ2) is 8.61. The summed E-state index contributed by atoms with van der Waals surface area (Å²) in [4.78, 5) is 24.5. The van der Waals surface area contributed by atoms with Crippen LogP contribution in [0.3, 0.4) is 0 Å². The van der Waals surface area contributed by atoms with E-state index in [0.717, 1.165) is 4.90 Å². The molecule has 0 atom stereocenters. The summed E-state index contributed by atoms with van der Waals surface area (Å²) in [6.07, 6.45) is 0.271. The van der Waals surface area contributed by atoms with E-state index in [1.54, 1.807) is 36.0 Å². The molecule has 0 unspecified atom stereocenters. The summed E-state index contributed by atoms with van der Waals surface area (Å²) in [5, 5.41) is 0.562. The van der Waals surface area contributed by atoms with Crippen LogP contribution in [0.25, 0.3) is 0 Å². The van der Waals surface area contributed by atoms with Crippen molar-refractivity contribution in [1.29, 1.82) is 0 Å². The predicted octanol–water partition coefficient (Wildman–Crippen LogP) is 4.25. The van der Waals surface area contributed by atoms with Crippen LogP contribution in [0.15, 0.2) is 59.5 Å². The van der Waals surface area contributed by atoms with E-state index in [2.05, 4.69) is 0 Å². The molecule has 0 spiro atoms. The topological polar surface area (TPSA) is 43.4 Å². The highest BCUT2D eigenvalue weighted by atomic mass is 35.5. The molecular formula is C17H15ClO3S. The zero-order chi connectivity index (χ0) is 15.8. The molecule has 2 rings (SSSR count). The van der Waals surface area contributed by atoms with Crippen LogP contribution in [0.2, 0.25) is 5.02 Å². The summed E-state index contributed by atoms with van der Waals surface area (Å²) < 4.78 is 4.99. The van der Waals surface area contributed by atoms with Crippen LogP contribution in [0.4, 0.5) is 0 Å². The van der Waals surface area contributed by atoms with Crippen molar-refractivity contribution in [3.05, 3.63) is 65.2 Å². The summed E-state index contributed by atoms with van der Waals surface area (Å²) in [5.74, 6) is 0.0179. The molecule has 2 aromatic rings.